The molecule has 5 nitrogen and oxygen atoms in total. The van der Waals surface area contributed by atoms with Gasteiger partial charge in [0.15, 0.2) is 12.2 Å². The maximum Gasteiger partial charge on any atom is 0.262 e. The first-order chi connectivity index (χ1) is 13.9. The number of ether oxygens (including phenoxy) is 1. The molecule has 1 N–H and O–H groups in total. The molecule has 1 amide bonds. The van der Waals surface area contributed by atoms with E-state index in [1.54, 1.807) is 48.5 Å². The van der Waals surface area contributed by atoms with Gasteiger partial charge in [-0.25, -0.2) is 0 Å². The van der Waals surface area contributed by atoms with Crippen LogP contribution in [0.3, 0.4) is 0 Å². The summed E-state index contributed by atoms with van der Waals surface area (Å²) >= 11 is 18.0. The van der Waals surface area contributed by atoms with Crippen molar-refractivity contribution in [1.82, 2.24) is 0 Å². The van der Waals surface area contributed by atoms with Gasteiger partial charge in [-0.3, -0.25) is 9.59 Å². The molecule has 3 aromatic carbocycles. The van der Waals surface area contributed by atoms with Gasteiger partial charge in [0.1, 0.15) is 11.3 Å². The molecule has 0 aliphatic carbocycles. The predicted molar refractivity (Wildman–Crippen MR) is 116 cm³/mol. The van der Waals surface area contributed by atoms with Crippen LogP contribution in [0.4, 0.5) is 5.69 Å². The van der Waals surface area contributed by atoms with Crippen LogP contribution in [0, 0.1) is 0 Å². The first kappa shape index (κ1) is 19.6. The Bertz CT molecular complexity index is 1320. The van der Waals surface area contributed by atoms with Crippen molar-refractivity contribution in [1.29, 1.82) is 0 Å². The molecular formula is C21H12Cl3NO4. The van der Waals surface area contributed by atoms with Gasteiger partial charge in [0.05, 0.1) is 20.8 Å². The summed E-state index contributed by atoms with van der Waals surface area (Å²) < 4.78 is 11.2. The van der Waals surface area contributed by atoms with Crippen molar-refractivity contribution in [2.75, 3.05) is 11.9 Å². The molecule has 0 unspecified atom stereocenters. The summed E-state index contributed by atoms with van der Waals surface area (Å²) in [6.45, 7) is -0.257. The van der Waals surface area contributed by atoms with E-state index in [0.717, 1.165) is 0 Å². The van der Waals surface area contributed by atoms with Gasteiger partial charge >= 0.3 is 0 Å². The lowest BCUT2D eigenvalue weighted by atomic mass is 10.1. The van der Waals surface area contributed by atoms with Crippen LogP contribution in [0.2, 0.25) is 15.1 Å². The molecule has 0 aliphatic heterocycles. The fraction of sp³-hybridized carbons (Fsp3) is 0.0476. The zero-order valence-electron chi connectivity index (χ0n) is 14.7. The van der Waals surface area contributed by atoms with Crippen molar-refractivity contribution in [3.05, 3.63) is 79.9 Å². The lowest BCUT2D eigenvalue weighted by Gasteiger charge is -2.10. The standard InChI is InChI=1S/C21H12Cl3NO4/c22-11-4-7-17(16(24)8-11)28-10-19(26)25-12-5-6-13-18(9-12)29-21-14(20(13)27)2-1-3-15(21)23/h1-9H,10H2,(H,25,26). The third kappa shape index (κ3) is 4.03. The first-order valence-electron chi connectivity index (χ1n) is 8.45. The maximum atomic E-state index is 12.6. The normalized spacial score (nSPS) is 11.0. The van der Waals surface area contributed by atoms with Gasteiger partial charge in [-0.2, -0.15) is 0 Å². The first-order valence-corrected chi connectivity index (χ1v) is 9.58. The molecule has 4 aromatic rings. The summed E-state index contributed by atoms with van der Waals surface area (Å²) in [5.74, 6) is -0.0617. The molecule has 1 heterocycles. The van der Waals surface area contributed by atoms with E-state index in [4.69, 9.17) is 44.0 Å². The number of carbonyl (C=O) groups excluding carboxylic acids is 1. The third-order valence-corrected chi connectivity index (χ3v) is 5.01. The van der Waals surface area contributed by atoms with Crippen LogP contribution in [0.1, 0.15) is 0 Å². The highest BCUT2D eigenvalue weighted by molar-refractivity contribution is 6.35. The molecule has 0 radical (unpaired) electrons. The van der Waals surface area contributed by atoms with Crippen LogP contribution in [-0.4, -0.2) is 12.5 Å². The van der Waals surface area contributed by atoms with Crippen LogP contribution in [-0.2, 0) is 4.79 Å². The molecule has 146 valence electrons. The van der Waals surface area contributed by atoms with Crippen molar-refractivity contribution in [2.45, 2.75) is 0 Å². The highest BCUT2D eigenvalue weighted by atomic mass is 35.5. The fourth-order valence-electron chi connectivity index (χ4n) is 2.85. The highest BCUT2D eigenvalue weighted by Crippen LogP contribution is 2.28. The molecule has 0 atom stereocenters. The third-order valence-electron chi connectivity index (χ3n) is 4.19. The summed E-state index contributed by atoms with van der Waals surface area (Å²) in [7, 11) is 0. The molecule has 0 spiro atoms. The van der Waals surface area contributed by atoms with Gasteiger partial charge in [-0.1, -0.05) is 40.9 Å². The summed E-state index contributed by atoms with van der Waals surface area (Å²) in [6, 6.07) is 14.5. The lowest BCUT2D eigenvalue weighted by Crippen LogP contribution is -2.20. The van der Waals surface area contributed by atoms with Crippen LogP contribution in [0.25, 0.3) is 21.9 Å². The minimum absolute atomic E-state index is 0.192. The topological polar surface area (TPSA) is 68.5 Å². The molecule has 0 saturated carbocycles. The van der Waals surface area contributed by atoms with Crippen molar-refractivity contribution < 1.29 is 13.9 Å². The number of rotatable bonds is 4. The maximum absolute atomic E-state index is 12.6. The van der Waals surface area contributed by atoms with E-state index < -0.39 is 5.91 Å². The van der Waals surface area contributed by atoms with Gasteiger partial charge < -0.3 is 14.5 Å². The summed E-state index contributed by atoms with van der Waals surface area (Å²) in [5, 5.41) is 4.59. The number of hydrogen-bond acceptors (Lipinski definition) is 4. The molecule has 0 fully saturated rings. The molecule has 0 bridgehead atoms. The summed E-state index contributed by atoms with van der Waals surface area (Å²) in [6.07, 6.45) is 0. The van der Waals surface area contributed by atoms with Gasteiger partial charge in [-0.15, -0.1) is 0 Å². The van der Waals surface area contributed by atoms with Crippen LogP contribution in [0.5, 0.6) is 5.75 Å². The number of halogens is 3. The minimum Gasteiger partial charge on any atom is -0.482 e. The van der Waals surface area contributed by atoms with Crippen molar-refractivity contribution in [3.8, 4) is 5.75 Å². The van der Waals surface area contributed by atoms with Gasteiger partial charge in [0, 0.05) is 16.8 Å². The van der Waals surface area contributed by atoms with E-state index in [1.807, 2.05) is 0 Å². The quantitative estimate of drug-likeness (QED) is 0.393. The Balaban J connectivity index is 1.56. The molecule has 4 rings (SSSR count). The second kappa shape index (κ2) is 7.95. The van der Waals surface area contributed by atoms with E-state index in [9.17, 15) is 9.59 Å². The zero-order chi connectivity index (χ0) is 20.5. The van der Waals surface area contributed by atoms with Crippen molar-refractivity contribution >= 4 is 68.3 Å². The van der Waals surface area contributed by atoms with Crippen molar-refractivity contribution in [2.24, 2.45) is 0 Å². The molecule has 0 aliphatic rings. The minimum atomic E-state index is -0.406. The highest BCUT2D eigenvalue weighted by Gasteiger charge is 2.12. The van der Waals surface area contributed by atoms with Gasteiger partial charge in [0.25, 0.3) is 5.91 Å². The largest absolute Gasteiger partial charge is 0.482 e. The smallest absolute Gasteiger partial charge is 0.262 e. The van der Waals surface area contributed by atoms with E-state index in [2.05, 4.69) is 5.32 Å². The van der Waals surface area contributed by atoms with Crippen LogP contribution in [0.15, 0.2) is 63.8 Å². The molecule has 29 heavy (non-hydrogen) atoms. The van der Waals surface area contributed by atoms with Crippen LogP contribution >= 0.6 is 34.8 Å². The Morgan fingerprint density at radius 1 is 0.966 bits per heavy atom. The van der Waals surface area contributed by atoms with Gasteiger partial charge in [0.2, 0.25) is 5.43 Å². The fourth-order valence-corrected chi connectivity index (χ4v) is 3.53. The Hall–Kier alpha value is -2.73. The van der Waals surface area contributed by atoms with E-state index in [1.165, 1.54) is 6.07 Å². The zero-order valence-corrected chi connectivity index (χ0v) is 16.9. The Morgan fingerprint density at radius 3 is 2.59 bits per heavy atom. The van der Waals surface area contributed by atoms with E-state index >= 15 is 0 Å². The SMILES string of the molecule is O=C(COc1ccc(Cl)cc1Cl)Nc1ccc2c(=O)c3cccc(Cl)c3oc2c1. The average Bonchev–Trinajstić information content (AvgIpc) is 2.68. The predicted octanol–water partition coefficient (Wildman–Crippen LogP) is 5.92. The molecule has 1 aromatic heterocycles. The number of carbonyl (C=O) groups is 1. The molecule has 8 heteroatoms. The Labute approximate surface area is 179 Å². The van der Waals surface area contributed by atoms with Crippen LogP contribution < -0.4 is 15.5 Å². The Morgan fingerprint density at radius 2 is 1.79 bits per heavy atom. The number of benzene rings is 3. The molecular weight excluding hydrogens is 437 g/mol. The Kier molecular flexibility index (Phi) is 5.37. The number of anilines is 1. The monoisotopic (exact) mass is 447 g/mol. The number of nitrogens with one attached hydrogen (secondary N) is 1. The second-order valence-electron chi connectivity index (χ2n) is 6.17. The van der Waals surface area contributed by atoms with E-state index in [-0.39, 0.29) is 12.0 Å². The second-order valence-corrected chi connectivity index (χ2v) is 7.42. The molecule has 0 saturated heterocycles. The number of para-hydroxylation sites is 1. The lowest BCUT2D eigenvalue weighted by molar-refractivity contribution is -0.118. The average molecular weight is 449 g/mol. The number of amides is 1. The van der Waals surface area contributed by atoms with E-state index in [0.29, 0.717) is 48.4 Å². The summed E-state index contributed by atoms with van der Waals surface area (Å²) in [4.78, 5) is 24.9. The summed E-state index contributed by atoms with van der Waals surface area (Å²) in [5.41, 5.74) is 0.871. The van der Waals surface area contributed by atoms with Gasteiger partial charge in [-0.05, 0) is 42.5 Å². The number of hydrogen-bond donors (Lipinski definition) is 1. The van der Waals surface area contributed by atoms with Crippen molar-refractivity contribution in [3.63, 3.8) is 0 Å². The number of fused-ring (bicyclic) bond motifs is 2.